The third kappa shape index (κ3) is 3.29. The van der Waals surface area contributed by atoms with Gasteiger partial charge < -0.3 is 14.7 Å². The molecule has 0 aliphatic carbocycles. The van der Waals surface area contributed by atoms with Crippen molar-refractivity contribution in [1.29, 1.82) is 0 Å². The number of carbonyl (C=O) groups is 2. The molecule has 1 atom stereocenters. The molecule has 0 radical (unpaired) electrons. The molecule has 5 heteroatoms. The molecule has 5 nitrogen and oxygen atoms in total. The van der Waals surface area contributed by atoms with E-state index in [4.69, 9.17) is 4.74 Å². The van der Waals surface area contributed by atoms with Crippen molar-refractivity contribution in [3.05, 3.63) is 24.3 Å². The average molecular weight is 279 g/mol. The van der Waals surface area contributed by atoms with Crippen molar-refractivity contribution in [2.75, 3.05) is 19.1 Å². The van der Waals surface area contributed by atoms with E-state index < -0.39 is 23.2 Å². The molecule has 1 amide bonds. The third-order valence-electron chi connectivity index (χ3n) is 3.14. The van der Waals surface area contributed by atoms with Crippen LogP contribution in [0.4, 0.5) is 5.69 Å². The molecule has 0 spiro atoms. The molecule has 0 saturated heterocycles. The fourth-order valence-corrected chi connectivity index (χ4v) is 2.07. The number of anilines is 1. The van der Waals surface area contributed by atoms with Gasteiger partial charge in [-0.2, -0.15) is 0 Å². The minimum Gasteiger partial charge on any atom is -0.495 e. The number of carboxylic acid groups (broad SMARTS) is 1. The van der Waals surface area contributed by atoms with E-state index in [0.717, 1.165) is 0 Å². The van der Waals surface area contributed by atoms with Crippen LogP contribution < -0.4 is 9.64 Å². The van der Waals surface area contributed by atoms with Gasteiger partial charge in [-0.3, -0.25) is 9.59 Å². The average Bonchev–Trinajstić information content (AvgIpc) is 2.35. The standard InChI is InChI=1S/C15H21NO4/c1-15(2,3)12(14(18)19)13(17)16(4)10-8-6-7-9-11(10)20-5/h6-9,12H,1-5H3,(H,18,19). The lowest BCUT2D eigenvalue weighted by Gasteiger charge is -2.30. The molecule has 1 aromatic rings. The van der Waals surface area contributed by atoms with Crippen molar-refractivity contribution in [2.24, 2.45) is 11.3 Å². The highest BCUT2D eigenvalue weighted by molar-refractivity contribution is 6.06. The molecule has 1 aromatic carbocycles. The monoisotopic (exact) mass is 279 g/mol. The molecule has 0 heterocycles. The van der Waals surface area contributed by atoms with E-state index in [1.807, 2.05) is 0 Å². The van der Waals surface area contributed by atoms with Crippen molar-refractivity contribution in [3.63, 3.8) is 0 Å². The second-order valence-corrected chi connectivity index (χ2v) is 5.71. The number of para-hydroxylation sites is 2. The van der Waals surface area contributed by atoms with Crippen molar-refractivity contribution in [1.82, 2.24) is 0 Å². The van der Waals surface area contributed by atoms with E-state index in [-0.39, 0.29) is 0 Å². The molecule has 0 aromatic heterocycles. The first-order valence-electron chi connectivity index (χ1n) is 6.33. The zero-order valence-corrected chi connectivity index (χ0v) is 12.5. The minimum atomic E-state index is -1.12. The Morgan fingerprint density at radius 3 is 2.25 bits per heavy atom. The Kier molecular flexibility index (Phi) is 4.76. The van der Waals surface area contributed by atoms with Gasteiger partial charge in [-0.05, 0) is 17.5 Å². The van der Waals surface area contributed by atoms with Crippen molar-refractivity contribution in [2.45, 2.75) is 20.8 Å². The molecule has 1 N–H and O–H groups in total. The lowest BCUT2D eigenvalue weighted by Crippen LogP contribution is -2.43. The maximum Gasteiger partial charge on any atom is 0.316 e. The summed E-state index contributed by atoms with van der Waals surface area (Å²) in [6.07, 6.45) is 0. The van der Waals surface area contributed by atoms with Gasteiger partial charge in [0.15, 0.2) is 0 Å². The zero-order valence-electron chi connectivity index (χ0n) is 12.5. The topological polar surface area (TPSA) is 66.8 Å². The first-order valence-corrected chi connectivity index (χ1v) is 6.33. The molecule has 0 aliphatic rings. The normalized spacial score (nSPS) is 12.7. The van der Waals surface area contributed by atoms with Gasteiger partial charge in [-0.15, -0.1) is 0 Å². The SMILES string of the molecule is COc1ccccc1N(C)C(=O)C(C(=O)O)C(C)(C)C. The Labute approximate surface area is 119 Å². The van der Waals surface area contributed by atoms with Crippen LogP contribution in [0.2, 0.25) is 0 Å². The maximum atomic E-state index is 12.5. The number of ether oxygens (including phenoxy) is 1. The zero-order chi connectivity index (χ0) is 15.5. The summed E-state index contributed by atoms with van der Waals surface area (Å²) in [6, 6.07) is 7.01. The number of benzene rings is 1. The predicted octanol–water partition coefficient (Wildman–Crippen LogP) is 2.40. The number of carboxylic acids is 1. The fourth-order valence-electron chi connectivity index (χ4n) is 2.07. The summed E-state index contributed by atoms with van der Waals surface area (Å²) in [5.74, 6) is -2.17. The highest BCUT2D eigenvalue weighted by atomic mass is 16.5. The quantitative estimate of drug-likeness (QED) is 0.859. The van der Waals surface area contributed by atoms with Gasteiger partial charge in [-0.1, -0.05) is 32.9 Å². The molecule has 1 rings (SSSR count). The minimum absolute atomic E-state index is 0.463. The van der Waals surface area contributed by atoms with Gasteiger partial charge in [0.25, 0.3) is 0 Å². The molecule has 0 aliphatic heterocycles. The highest BCUT2D eigenvalue weighted by Gasteiger charge is 2.40. The van der Waals surface area contributed by atoms with Crippen molar-refractivity contribution >= 4 is 17.6 Å². The number of methoxy groups -OCH3 is 1. The van der Waals surface area contributed by atoms with E-state index >= 15 is 0 Å². The summed E-state index contributed by atoms with van der Waals surface area (Å²) >= 11 is 0. The van der Waals surface area contributed by atoms with Crippen LogP contribution in [0, 0.1) is 11.3 Å². The number of aliphatic carboxylic acids is 1. The van der Waals surface area contributed by atoms with E-state index in [1.54, 1.807) is 52.1 Å². The van der Waals surface area contributed by atoms with Crippen LogP contribution in [0.15, 0.2) is 24.3 Å². The molecular weight excluding hydrogens is 258 g/mol. The van der Waals surface area contributed by atoms with Crippen molar-refractivity contribution in [3.8, 4) is 5.75 Å². The van der Waals surface area contributed by atoms with Crippen LogP contribution >= 0.6 is 0 Å². The second-order valence-electron chi connectivity index (χ2n) is 5.71. The van der Waals surface area contributed by atoms with Crippen LogP contribution in [0.3, 0.4) is 0 Å². The lowest BCUT2D eigenvalue weighted by atomic mass is 9.80. The van der Waals surface area contributed by atoms with Gasteiger partial charge in [0.2, 0.25) is 5.91 Å². The molecular formula is C15H21NO4. The van der Waals surface area contributed by atoms with Gasteiger partial charge in [0.05, 0.1) is 12.8 Å². The summed E-state index contributed by atoms with van der Waals surface area (Å²) in [7, 11) is 3.07. The van der Waals surface area contributed by atoms with Gasteiger partial charge in [0, 0.05) is 7.05 Å². The van der Waals surface area contributed by atoms with Crippen LogP contribution in [0.5, 0.6) is 5.75 Å². The Balaban J connectivity index is 3.16. The van der Waals surface area contributed by atoms with E-state index in [9.17, 15) is 14.7 Å². The predicted molar refractivity (Wildman–Crippen MR) is 77.0 cm³/mol. The number of nitrogens with zero attached hydrogens (tertiary/aromatic N) is 1. The van der Waals surface area contributed by atoms with Crippen LogP contribution in [-0.4, -0.2) is 31.1 Å². The van der Waals surface area contributed by atoms with Crippen LogP contribution in [0.25, 0.3) is 0 Å². The molecule has 1 unspecified atom stereocenters. The number of carbonyl (C=O) groups excluding carboxylic acids is 1. The van der Waals surface area contributed by atoms with Crippen LogP contribution in [-0.2, 0) is 9.59 Å². The first-order chi connectivity index (χ1) is 9.20. The van der Waals surface area contributed by atoms with Gasteiger partial charge in [0.1, 0.15) is 11.7 Å². The summed E-state index contributed by atoms with van der Waals surface area (Å²) < 4.78 is 5.20. The maximum absolute atomic E-state index is 12.5. The van der Waals surface area contributed by atoms with Gasteiger partial charge in [-0.25, -0.2) is 0 Å². The Morgan fingerprint density at radius 1 is 1.25 bits per heavy atom. The fraction of sp³-hybridized carbons (Fsp3) is 0.467. The number of hydrogen-bond acceptors (Lipinski definition) is 3. The number of rotatable bonds is 4. The van der Waals surface area contributed by atoms with E-state index in [2.05, 4.69) is 0 Å². The Hall–Kier alpha value is -2.04. The number of amides is 1. The molecule has 0 bridgehead atoms. The largest absolute Gasteiger partial charge is 0.495 e. The third-order valence-corrected chi connectivity index (χ3v) is 3.14. The summed E-state index contributed by atoms with van der Waals surface area (Å²) in [6.45, 7) is 5.21. The molecule has 110 valence electrons. The van der Waals surface area contributed by atoms with E-state index in [1.165, 1.54) is 12.0 Å². The van der Waals surface area contributed by atoms with Gasteiger partial charge >= 0.3 is 5.97 Å². The number of hydrogen-bond donors (Lipinski definition) is 1. The molecule has 0 saturated carbocycles. The Bertz CT molecular complexity index is 505. The molecule has 20 heavy (non-hydrogen) atoms. The Morgan fingerprint density at radius 2 is 1.80 bits per heavy atom. The molecule has 0 fully saturated rings. The first kappa shape index (κ1) is 16.0. The second kappa shape index (κ2) is 5.94. The van der Waals surface area contributed by atoms with Crippen LogP contribution in [0.1, 0.15) is 20.8 Å². The summed E-state index contributed by atoms with van der Waals surface area (Å²) in [5.41, 5.74) is -0.116. The summed E-state index contributed by atoms with van der Waals surface area (Å²) in [5, 5.41) is 9.32. The smallest absolute Gasteiger partial charge is 0.316 e. The summed E-state index contributed by atoms with van der Waals surface area (Å²) in [4.78, 5) is 25.2. The van der Waals surface area contributed by atoms with Crippen molar-refractivity contribution < 1.29 is 19.4 Å². The lowest BCUT2D eigenvalue weighted by molar-refractivity contribution is -0.150. The highest BCUT2D eigenvalue weighted by Crippen LogP contribution is 2.32. The van der Waals surface area contributed by atoms with E-state index in [0.29, 0.717) is 11.4 Å².